The molecule has 5 nitrogen and oxygen atoms in total. The lowest BCUT2D eigenvalue weighted by Gasteiger charge is -2.29. The third kappa shape index (κ3) is 3.65. The quantitative estimate of drug-likeness (QED) is 0.822. The summed E-state index contributed by atoms with van der Waals surface area (Å²) < 4.78 is 0. The van der Waals surface area contributed by atoms with Gasteiger partial charge in [0.25, 0.3) is 5.91 Å². The van der Waals surface area contributed by atoms with Gasteiger partial charge in [-0.1, -0.05) is 0 Å². The monoisotopic (exact) mass is 281 g/mol. The molecule has 19 heavy (non-hydrogen) atoms. The zero-order valence-corrected chi connectivity index (χ0v) is 11.1. The molecular formula is C13H15NO4S. The van der Waals surface area contributed by atoms with Crippen molar-refractivity contribution in [1.29, 1.82) is 0 Å². The van der Waals surface area contributed by atoms with Crippen molar-refractivity contribution in [3.05, 3.63) is 28.0 Å². The summed E-state index contributed by atoms with van der Waals surface area (Å²) in [5, 5.41) is 19.7. The summed E-state index contributed by atoms with van der Waals surface area (Å²) in [6, 6.07) is 1.69. The Bertz CT molecular complexity index is 500. The van der Waals surface area contributed by atoms with Gasteiger partial charge in [-0.05, 0) is 25.0 Å². The number of hydrogen-bond donors (Lipinski definition) is 2. The van der Waals surface area contributed by atoms with Crippen LogP contribution in [0.15, 0.2) is 17.5 Å². The minimum Gasteiger partial charge on any atom is -0.478 e. The van der Waals surface area contributed by atoms with Crippen LogP contribution in [-0.4, -0.2) is 46.2 Å². The van der Waals surface area contributed by atoms with Gasteiger partial charge in [-0.3, -0.25) is 4.79 Å². The maximum absolute atomic E-state index is 12.2. The molecule has 1 fully saturated rings. The van der Waals surface area contributed by atoms with Crippen LogP contribution in [0.3, 0.4) is 0 Å². The fourth-order valence-electron chi connectivity index (χ4n) is 1.96. The van der Waals surface area contributed by atoms with Gasteiger partial charge < -0.3 is 15.1 Å². The molecule has 1 amide bonds. The first-order chi connectivity index (χ1) is 9.06. The first-order valence-electron chi connectivity index (χ1n) is 6.03. The van der Waals surface area contributed by atoms with Gasteiger partial charge in [-0.15, -0.1) is 11.3 Å². The zero-order chi connectivity index (χ0) is 13.8. The second kappa shape index (κ2) is 5.99. The average Bonchev–Trinajstić information content (AvgIpc) is 2.85. The lowest BCUT2D eigenvalue weighted by atomic mass is 10.1. The molecule has 1 aliphatic rings. The molecule has 6 heteroatoms. The van der Waals surface area contributed by atoms with Crippen molar-refractivity contribution in [2.45, 2.75) is 18.9 Å². The van der Waals surface area contributed by atoms with Gasteiger partial charge in [-0.25, -0.2) is 4.79 Å². The van der Waals surface area contributed by atoms with Crippen LogP contribution in [0, 0.1) is 0 Å². The summed E-state index contributed by atoms with van der Waals surface area (Å²) in [4.78, 5) is 25.0. The number of thiophene rings is 1. The van der Waals surface area contributed by atoms with Crippen LogP contribution in [0.4, 0.5) is 0 Å². The first kappa shape index (κ1) is 13.8. The predicted molar refractivity (Wildman–Crippen MR) is 72.1 cm³/mol. The maximum Gasteiger partial charge on any atom is 0.328 e. The summed E-state index contributed by atoms with van der Waals surface area (Å²) in [7, 11) is 0. The molecule has 1 aliphatic heterocycles. The molecular weight excluding hydrogens is 266 g/mol. The molecule has 1 aromatic rings. The molecule has 1 saturated heterocycles. The van der Waals surface area contributed by atoms with E-state index in [0.717, 1.165) is 11.0 Å². The molecule has 0 aromatic carbocycles. The highest BCUT2D eigenvalue weighted by Gasteiger charge is 2.22. The molecule has 0 spiro atoms. The van der Waals surface area contributed by atoms with Crippen LogP contribution in [0.2, 0.25) is 0 Å². The number of hydrogen-bond acceptors (Lipinski definition) is 4. The molecule has 2 heterocycles. The van der Waals surface area contributed by atoms with Gasteiger partial charge >= 0.3 is 5.97 Å². The lowest BCUT2D eigenvalue weighted by molar-refractivity contribution is -0.131. The van der Waals surface area contributed by atoms with Gasteiger partial charge in [0.2, 0.25) is 0 Å². The van der Waals surface area contributed by atoms with Crippen molar-refractivity contribution in [1.82, 2.24) is 4.90 Å². The van der Waals surface area contributed by atoms with E-state index in [0.29, 0.717) is 31.5 Å². The molecule has 2 rings (SSSR count). The Balaban J connectivity index is 2.02. The molecule has 0 radical (unpaired) electrons. The molecule has 0 unspecified atom stereocenters. The number of aliphatic hydroxyl groups is 1. The predicted octanol–water partition coefficient (Wildman–Crippen LogP) is 1.44. The van der Waals surface area contributed by atoms with Gasteiger partial charge in [0, 0.05) is 29.4 Å². The average molecular weight is 281 g/mol. The number of nitrogens with zero attached hydrogens (tertiary/aromatic N) is 1. The fraction of sp³-hybridized carbons (Fsp3) is 0.385. The van der Waals surface area contributed by atoms with Crippen LogP contribution in [0.25, 0.3) is 6.08 Å². The molecule has 0 atom stereocenters. The maximum atomic E-state index is 12.2. The van der Waals surface area contributed by atoms with Crippen LogP contribution < -0.4 is 0 Å². The number of likely N-dealkylation sites (tertiary alicyclic amines) is 1. The van der Waals surface area contributed by atoms with Gasteiger partial charge in [0.1, 0.15) is 0 Å². The van der Waals surface area contributed by atoms with Crippen molar-refractivity contribution in [3.8, 4) is 0 Å². The van der Waals surface area contributed by atoms with Crippen molar-refractivity contribution < 1.29 is 19.8 Å². The summed E-state index contributed by atoms with van der Waals surface area (Å²) in [5.41, 5.74) is 0.575. The van der Waals surface area contributed by atoms with E-state index in [2.05, 4.69) is 0 Å². The Morgan fingerprint density at radius 3 is 2.68 bits per heavy atom. The Morgan fingerprint density at radius 1 is 1.37 bits per heavy atom. The SMILES string of the molecule is O=C(O)C=Cc1cc(C(=O)N2CCC(O)CC2)cs1. The summed E-state index contributed by atoms with van der Waals surface area (Å²) >= 11 is 1.34. The van der Waals surface area contributed by atoms with Crippen molar-refractivity contribution in [3.63, 3.8) is 0 Å². The van der Waals surface area contributed by atoms with Gasteiger partial charge in [-0.2, -0.15) is 0 Å². The Labute approximate surface area is 114 Å². The number of aliphatic carboxylic acids is 1. The van der Waals surface area contributed by atoms with E-state index in [9.17, 15) is 14.7 Å². The summed E-state index contributed by atoms with van der Waals surface area (Å²) in [5.74, 6) is -1.07. The third-order valence-corrected chi connectivity index (χ3v) is 3.91. The van der Waals surface area contributed by atoms with E-state index in [4.69, 9.17) is 5.11 Å². The smallest absolute Gasteiger partial charge is 0.328 e. The third-order valence-electron chi connectivity index (χ3n) is 3.01. The number of piperidine rings is 1. The molecule has 1 aromatic heterocycles. The standard InChI is InChI=1S/C13H15NO4S/c15-10-3-5-14(6-4-10)13(18)9-7-11(19-8-9)1-2-12(16)17/h1-2,7-8,10,15H,3-6H2,(H,16,17). The molecule has 2 N–H and O–H groups in total. The molecule has 0 aliphatic carbocycles. The number of rotatable bonds is 3. The highest BCUT2D eigenvalue weighted by Crippen LogP contribution is 2.20. The van der Waals surface area contributed by atoms with E-state index in [1.807, 2.05) is 0 Å². The number of aliphatic hydroxyl groups excluding tert-OH is 1. The van der Waals surface area contributed by atoms with Crippen LogP contribution in [0.5, 0.6) is 0 Å². The van der Waals surface area contributed by atoms with E-state index >= 15 is 0 Å². The number of carboxylic acid groups (broad SMARTS) is 1. The normalized spacial score (nSPS) is 17.0. The van der Waals surface area contributed by atoms with Crippen LogP contribution in [-0.2, 0) is 4.79 Å². The number of carbonyl (C=O) groups excluding carboxylic acids is 1. The molecule has 0 saturated carbocycles. The second-order valence-electron chi connectivity index (χ2n) is 4.43. The highest BCUT2D eigenvalue weighted by molar-refractivity contribution is 7.11. The summed E-state index contributed by atoms with van der Waals surface area (Å²) in [6.45, 7) is 1.13. The minimum absolute atomic E-state index is 0.0573. The topological polar surface area (TPSA) is 77.8 Å². The number of carbonyl (C=O) groups is 2. The minimum atomic E-state index is -1.01. The number of carboxylic acids is 1. The van der Waals surface area contributed by atoms with Crippen molar-refractivity contribution in [2.75, 3.05) is 13.1 Å². The largest absolute Gasteiger partial charge is 0.478 e. The summed E-state index contributed by atoms with van der Waals surface area (Å²) in [6.07, 6.45) is 3.45. The van der Waals surface area contributed by atoms with E-state index < -0.39 is 5.97 Å². The van der Waals surface area contributed by atoms with Crippen LogP contribution in [0.1, 0.15) is 28.1 Å². The van der Waals surface area contributed by atoms with E-state index in [1.165, 1.54) is 17.4 Å². The lowest BCUT2D eigenvalue weighted by Crippen LogP contribution is -2.39. The van der Waals surface area contributed by atoms with E-state index in [-0.39, 0.29) is 12.0 Å². The van der Waals surface area contributed by atoms with Gasteiger partial charge in [0.05, 0.1) is 11.7 Å². The van der Waals surface area contributed by atoms with Gasteiger partial charge in [0.15, 0.2) is 0 Å². The Hall–Kier alpha value is -1.66. The van der Waals surface area contributed by atoms with Crippen molar-refractivity contribution >= 4 is 29.3 Å². The molecule has 102 valence electrons. The first-order valence-corrected chi connectivity index (χ1v) is 6.91. The number of amides is 1. The second-order valence-corrected chi connectivity index (χ2v) is 5.38. The zero-order valence-electron chi connectivity index (χ0n) is 10.3. The Morgan fingerprint density at radius 2 is 2.05 bits per heavy atom. The fourth-order valence-corrected chi connectivity index (χ4v) is 2.73. The van der Waals surface area contributed by atoms with Crippen LogP contribution >= 0.6 is 11.3 Å². The molecule has 0 bridgehead atoms. The van der Waals surface area contributed by atoms with Crippen molar-refractivity contribution in [2.24, 2.45) is 0 Å². The highest BCUT2D eigenvalue weighted by atomic mass is 32.1. The van der Waals surface area contributed by atoms with E-state index in [1.54, 1.807) is 16.3 Å². The Kier molecular flexibility index (Phi) is 4.34.